The third-order valence-electron chi connectivity index (χ3n) is 3.98. The molecular weight excluding hydrogens is 362 g/mol. The molecule has 4 rings (SSSR count). The van der Waals surface area contributed by atoms with Crippen LogP contribution in [-0.2, 0) is 0 Å². The Labute approximate surface area is 158 Å². The Hall–Kier alpha value is -4.21. The molecule has 0 fully saturated rings. The summed E-state index contributed by atoms with van der Waals surface area (Å²) in [6, 6.07) is 14.3. The van der Waals surface area contributed by atoms with Crippen molar-refractivity contribution in [3.63, 3.8) is 0 Å². The lowest BCUT2D eigenvalue weighted by Gasteiger charge is -2.13. The van der Waals surface area contributed by atoms with Gasteiger partial charge in [-0.15, -0.1) is 0 Å². The zero-order valence-electron chi connectivity index (χ0n) is 14.7. The minimum absolute atomic E-state index is 0.125. The van der Waals surface area contributed by atoms with Crippen LogP contribution in [0.25, 0.3) is 11.3 Å². The third kappa shape index (κ3) is 3.03. The third-order valence-corrected chi connectivity index (χ3v) is 3.98. The second kappa shape index (κ2) is 7.19. The SMILES string of the molecule is COc1cccc(C(=NN)c2nc3nonc3nc2Nc2ccccc2)c1O. The largest absolute Gasteiger partial charge is 0.504 e. The number of benzene rings is 2. The number of anilines is 2. The first kappa shape index (κ1) is 17.2. The molecule has 0 radical (unpaired) electrons. The Balaban J connectivity index is 1.89. The van der Waals surface area contributed by atoms with Crippen molar-refractivity contribution in [1.82, 2.24) is 20.3 Å². The van der Waals surface area contributed by atoms with E-state index in [-0.39, 0.29) is 34.2 Å². The normalized spacial score (nSPS) is 11.5. The highest BCUT2D eigenvalue weighted by atomic mass is 16.6. The van der Waals surface area contributed by atoms with Crippen LogP contribution in [0.15, 0.2) is 58.3 Å². The fraction of sp³-hybridized carbons (Fsp3) is 0.0556. The summed E-state index contributed by atoms with van der Waals surface area (Å²) in [5.74, 6) is 6.13. The Morgan fingerprint density at radius 1 is 1.07 bits per heavy atom. The molecule has 0 amide bonds. The predicted octanol–water partition coefficient (Wildman–Crippen LogP) is 2.18. The van der Waals surface area contributed by atoms with Gasteiger partial charge in [0.1, 0.15) is 11.4 Å². The highest BCUT2D eigenvalue weighted by Crippen LogP contribution is 2.32. The number of nitrogens with one attached hydrogen (secondary N) is 1. The molecule has 0 unspecified atom stereocenters. The maximum atomic E-state index is 10.5. The molecule has 0 aliphatic rings. The number of hydrazone groups is 1. The number of phenolic OH excluding ortho intramolecular Hbond substituents is 1. The summed E-state index contributed by atoms with van der Waals surface area (Å²) in [6.07, 6.45) is 0. The van der Waals surface area contributed by atoms with Crippen LogP contribution in [0, 0.1) is 0 Å². The second-order valence-electron chi connectivity index (χ2n) is 5.66. The Kier molecular flexibility index (Phi) is 4.42. The van der Waals surface area contributed by atoms with E-state index in [9.17, 15) is 5.11 Å². The zero-order chi connectivity index (χ0) is 19.5. The van der Waals surface area contributed by atoms with Gasteiger partial charge in [-0.2, -0.15) is 5.10 Å². The molecule has 4 aromatic rings. The molecule has 4 N–H and O–H groups in total. The van der Waals surface area contributed by atoms with E-state index in [0.717, 1.165) is 5.69 Å². The van der Waals surface area contributed by atoms with Gasteiger partial charge in [-0.05, 0) is 34.6 Å². The topological polar surface area (TPSA) is 145 Å². The molecule has 0 bridgehead atoms. The molecule has 0 saturated carbocycles. The molecule has 2 aromatic carbocycles. The maximum absolute atomic E-state index is 10.5. The zero-order valence-corrected chi connectivity index (χ0v) is 14.7. The summed E-state index contributed by atoms with van der Waals surface area (Å²) in [7, 11) is 1.45. The van der Waals surface area contributed by atoms with E-state index >= 15 is 0 Å². The summed E-state index contributed by atoms with van der Waals surface area (Å²) in [4.78, 5) is 8.83. The van der Waals surface area contributed by atoms with Crippen LogP contribution in [0.4, 0.5) is 11.5 Å². The minimum Gasteiger partial charge on any atom is -0.504 e. The summed E-state index contributed by atoms with van der Waals surface area (Å²) in [5.41, 5.74) is 1.93. The molecule has 0 aliphatic carbocycles. The number of methoxy groups -OCH3 is 1. The number of nitrogens with zero attached hydrogens (tertiary/aromatic N) is 5. The van der Waals surface area contributed by atoms with E-state index < -0.39 is 0 Å². The minimum atomic E-state index is -0.125. The first-order valence-corrected chi connectivity index (χ1v) is 8.18. The average Bonchev–Trinajstić information content (AvgIpc) is 3.18. The van der Waals surface area contributed by atoms with Crippen LogP contribution in [0.1, 0.15) is 11.3 Å². The number of aromatic nitrogens is 4. The number of ether oxygens (including phenoxy) is 1. The van der Waals surface area contributed by atoms with Gasteiger partial charge in [0.15, 0.2) is 17.3 Å². The monoisotopic (exact) mass is 377 g/mol. The number of hydrogen-bond acceptors (Lipinski definition) is 10. The van der Waals surface area contributed by atoms with Crippen molar-refractivity contribution in [1.29, 1.82) is 0 Å². The molecule has 2 aromatic heterocycles. The van der Waals surface area contributed by atoms with Crippen molar-refractivity contribution in [2.75, 3.05) is 12.4 Å². The number of phenols is 1. The number of nitrogens with two attached hydrogens (primary N) is 1. The summed E-state index contributed by atoms with van der Waals surface area (Å²) in [6.45, 7) is 0. The van der Waals surface area contributed by atoms with Gasteiger partial charge in [0, 0.05) is 5.69 Å². The molecule has 28 heavy (non-hydrogen) atoms. The molecule has 0 spiro atoms. The number of aromatic hydroxyl groups is 1. The first-order chi connectivity index (χ1) is 13.7. The van der Waals surface area contributed by atoms with Crippen molar-refractivity contribution in [3.8, 4) is 11.5 Å². The van der Waals surface area contributed by atoms with E-state index in [2.05, 4.69) is 30.7 Å². The van der Waals surface area contributed by atoms with Crippen molar-refractivity contribution in [2.45, 2.75) is 0 Å². The molecule has 2 heterocycles. The van der Waals surface area contributed by atoms with Crippen LogP contribution in [-0.4, -0.2) is 38.2 Å². The standard InChI is InChI=1S/C18H15N7O3/c1-27-12-9-5-8-11(15(12)26)13(23-19)14-16(20-10-6-3-2-4-7-10)22-18-17(21-14)24-28-25-18/h2-9,26H,19H2,1H3,(H,20,22,25). The van der Waals surface area contributed by atoms with Gasteiger partial charge in [-0.1, -0.05) is 24.3 Å². The van der Waals surface area contributed by atoms with Crippen molar-refractivity contribution in [2.24, 2.45) is 10.9 Å². The average molecular weight is 377 g/mol. The van der Waals surface area contributed by atoms with Gasteiger partial charge in [0.25, 0.3) is 0 Å². The van der Waals surface area contributed by atoms with Gasteiger partial charge in [0.2, 0.25) is 11.3 Å². The Morgan fingerprint density at radius 3 is 2.54 bits per heavy atom. The van der Waals surface area contributed by atoms with Gasteiger partial charge in [-0.25, -0.2) is 14.6 Å². The van der Waals surface area contributed by atoms with Crippen molar-refractivity contribution < 1.29 is 14.5 Å². The van der Waals surface area contributed by atoms with E-state index in [1.54, 1.807) is 18.2 Å². The van der Waals surface area contributed by atoms with E-state index in [0.29, 0.717) is 11.4 Å². The van der Waals surface area contributed by atoms with E-state index in [1.165, 1.54) is 7.11 Å². The smallest absolute Gasteiger partial charge is 0.245 e. The number of fused-ring (bicyclic) bond motifs is 1. The molecule has 10 heteroatoms. The molecule has 10 nitrogen and oxygen atoms in total. The second-order valence-corrected chi connectivity index (χ2v) is 5.66. The maximum Gasteiger partial charge on any atom is 0.245 e. The fourth-order valence-electron chi connectivity index (χ4n) is 2.68. The number of para-hydroxylation sites is 2. The van der Waals surface area contributed by atoms with Crippen LogP contribution < -0.4 is 15.9 Å². The summed E-state index contributed by atoms with van der Waals surface area (Å²) < 4.78 is 9.88. The van der Waals surface area contributed by atoms with Crippen LogP contribution >= 0.6 is 0 Å². The fourth-order valence-corrected chi connectivity index (χ4v) is 2.68. The Bertz CT molecular complexity index is 1160. The van der Waals surface area contributed by atoms with Gasteiger partial charge in [-0.3, -0.25) is 0 Å². The van der Waals surface area contributed by atoms with Crippen molar-refractivity contribution in [3.05, 3.63) is 59.8 Å². The molecule has 0 atom stereocenters. The number of hydrogen-bond donors (Lipinski definition) is 3. The van der Waals surface area contributed by atoms with Gasteiger partial charge in [0.05, 0.1) is 12.7 Å². The summed E-state index contributed by atoms with van der Waals surface area (Å²) >= 11 is 0. The lowest BCUT2D eigenvalue weighted by Crippen LogP contribution is -2.14. The van der Waals surface area contributed by atoms with E-state index in [4.69, 9.17) is 15.2 Å². The van der Waals surface area contributed by atoms with Crippen LogP contribution in [0.2, 0.25) is 0 Å². The molecule has 140 valence electrons. The van der Waals surface area contributed by atoms with Gasteiger partial charge >= 0.3 is 0 Å². The van der Waals surface area contributed by atoms with Crippen LogP contribution in [0.3, 0.4) is 0 Å². The van der Waals surface area contributed by atoms with E-state index in [1.807, 2.05) is 30.3 Å². The Morgan fingerprint density at radius 2 is 1.82 bits per heavy atom. The highest BCUT2D eigenvalue weighted by molar-refractivity contribution is 6.16. The predicted molar refractivity (Wildman–Crippen MR) is 102 cm³/mol. The molecular formula is C18H15N7O3. The number of rotatable bonds is 5. The highest BCUT2D eigenvalue weighted by Gasteiger charge is 2.22. The molecule has 0 aliphatic heterocycles. The van der Waals surface area contributed by atoms with Crippen molar-refractivity contribution >= 4 is 28.5 Å². The van der Waals surface area contributed by atoms with Crippen LogP contribution in [0.5, 0.6) is 11.5 Å². The van der Waals surface area contributed by atoms with Gasteiger partial charge < -0.3 is 21.0 Å². The first-order valence-electron chi connectivity index (χ1n) is 8.18. The molecule has 0 saturated heterocycles. The lowest BCUT2D eigenvalue weighted by molar-refractivity contribution is 0.314. The quantitative estimate of drug-likeness (QED) is 0.271. The lowest BCUT2D eigenvalue weighted by atomic mass is 10.0. The summed E-state index contributed by atoms with van der Waals surface area (Å²) in [5, 5.41) is 25.0.